The summed E-state index contributed by atoms with van der Waals surface area (Å²) in [5, 5.41) is 11.7. The SMILES string of the molecule is COc1cc(O)c([C@H]2C3=CC[C@@H]4C(=O)N(c5ccc(C)c(Cl)c5)C(=O)[C@@H]4[C@@H]3C[C@H]3C(=O)N(c4ccc(F)c(Cl)c4)C(=O)[C@@]23C)c(OC)c1. The molecule has 0 aromatic heterocycles. The first-order valence-electron chi connectivity index (χ1n) is 15.5. The number of hydrogen-bond donors (Lipinski definition) is 1. The van der Waals surface area contributed by atoms with E-state index < -0.39 is 58.5 Å². The number of hydrogen-bond acceptors (Lipinski definition) is 7. The van der Waals surface area contributed by atoms with E-state index in [1.54, 1.807) is 31.2 Å². The summed E-state index contributed by atoms with van der Waals surface area (Å²) in [6, 6.07) is 11.6. The average Bonchev–Trinajstić information content (AvgIpc) is 3.43. The molecule has 2 aliphatic carbocycles. The van der Waals surface area contributed by atoms with Crippen molar-refractivity contribution >= 4 is 58.2 Å². The van der Waals surface area contributed by atoms with Crippen molar-refractivity contribution in [1.29, 1.82) is 0 Å². The molecule has 2 aliphatic heterocycles. The highest BCUT2D eigenvalue weighted by Crippen LogP contribution is 2.65. The zero-order valence-electron chi connectivity index (χ0n) is 26.4. The van der Waals surface area contributed by atoms with Gasteiger partial charge in [0.2, 0.25) is 23.6 Å². The number of carbonyl (C=O) groups is 4. The van der Waals surface area contributed by atoms with E-state index in [9.17, 15) is 28.7 Å². The number of carbonyl (C=O) groups excluding carboxylic acids is 4. The number of nitrogens with zero attached hydrogens (tertiary/aromatic N) is 2. The van der Waals surface area contributed by atoms with Gasteiger partial charge in [0.25, 0.3) is 0 Å². The van der Waals surface area contributed by atoms with Crippen molar-refractivity contribution < 1.29 is 38.1 Å². The number of imide groups is 2. The molecule has 3 aromatic rings. The van der Waals surface area contributed by atoms with Crippen LogP contribution in [0.3, 0.4) is 0 Å². The summed E-state index contributed by atoms with van der Waals surface area (Å²) in [5.41, 5.74) is 0.663. The number of aromatic hydroxyl groups is 1. The molecule has 6 atom stereocenters. The predicted octanol–water partition coefficient (Wildman–Crippen LogP) is 6.60. The molecule has 248 valence electrons. The van der Waals surface area contributed by atoms with E-state index in [0.29, 0.717) is 22.0 Å². The molecule has 2 heterocycles. The van der Waals surface area contributed by atoms with Gasteiger partial charge < -0.3 is 14.6 Å². The van der Waals surface area contributed by atoms with Crippen molar-refractivity contribution in [1.82, 2.24) is 0 Å². The Morgan fingerprint density at radius 3 is 2.23 bits per heavy atom. The van der Waals surface area contributed by atoms with Gasteiger partial charge in [-0.3, -0.25) is 19.2 Å². The lowest BCUT2D eigenvalue weighted by Gasteiger charge is -2.49. The zero-order chi connectivity index (χ0) is 34.4. The second-order valence-corrected chi connectivity index (χ2v) is 13.8. The molecular formula is C36H31Cl2FN2O7. The molecule has 1 saturated carbocycles. The Kier molecular flexibility index (Phi) is 7.60. The number of phenols is 1. The molecule has 3 aromatic carbocycles. The van der Waals surface area contributed by atoms with Gasteiger partial charge >= 0.3 is 0 Å². The number of halogens is 3. The maximum Gasteiger partial charge on any atom is 0.241 e. The lowest BCUT2D eigenvalue weighted by Crippen LogP contribution is -2.49. The van der Waals surface area contributed by atoms with Gasteiger partial charge in [0, 0.05) is 28.6 Å². The van der Waals surface area contributed by atoms with Crippen LogP contribution in [0.15, 0.2) is 60.2 Å². The van der Waals surface area contributed by atoms with E-state index in [1.165, 1.54) is 37.3 Å². The van der Waals surface area contributed by atoms with Gasteiger partial charge in [-0.05, 0) is 68.5 Å². The maximum atomic E-state index is 14.7. The maximum absolute atomic E-state index is 14.7. The van der Waals surface area contributed by atoms with Crippen molar-refractivity contribution in [2.24, 2.45) is 29.1 Å². The standard InChI is InChI=1S/C36H31Cl2FN2O7/c1-16-5-6-17(11-24(16)37)40-32(43)21-9-8-20-22(29(21)34(40)45)15-23-33(44)41(18-7-10-26(39)25(38)12-18)35(46)36(23,2)31(20)30-27(42)13-19(47-3)14-28(30)48-4/h5-8,10-14,21-23,29,31,42H,9,15H2,1-4H3/t21-,22+,23-,29-,31+,36+/m0/s1. The number of fused-ring (bicyclic) bond motifs is 4. The third-order valence-corrected chi connectivity index (χ3v) is 11.4. The van der Waals surface area contributed by atoms with Crippen molar-refractivity contribution in [2.45, 2.75) is 32.6 Å². The fourth-order valence-electron chi connectivity index (χ4n) is 8.33. The Hall–Kier alpha value is -4.41. The van der Waals surface area contributed by atoms with E-state index >= 15 is 0 Å². The number of phenolic OH excluding ortho intramolecular Hbond substituents is 1. The number of methoxy groups -OCH3 is 2. The number of ether oxygens (including phenoxy) is 2. The molecule has 4 amide bonds. The topological polar surface area (TPSA) is 113 Å². The quantitative estimate of drug-likeness (QED) is 0.237. The van der Waals surface area contributed by atoms with Crippen molar-refractivity contribution in [3.05, 3.63) is 87.2 Å². The smallest absolute Gasteiger partial charge is 0.241 e. The van der Waals surface area contributed by atoms with Gasteiger partial charge in [-0.25, -0.2) is 14.2 Å². The minimum Gasteiger partial charge on any atom is -0.507 e. The van der Waals surface area contributed by atoms with Gasteiger partial charge in [0.05, 0.1) is 53.8 Å². The highest BCUT2D eigenvalue weighted by molar-refractivity contribution is 6.32. The molecule has 3 fully saturated rings. The minimum atomic E-state index is -1.48. The third-order valence-electron chi connectivity index (χ3n) is 10.7. The zero-order valence-corrected chi connectivity index (χ0v) is 27.9. The van der Waals surface area contributed by atoms with Gasteiger partial charge in [-0.1, -0.05) is 40.9 Å². The Labute approximate surface area is 285 Å². The molecule has 4 aliphatic rings. The lowest BCUT2D eigenvalue weighted by molar-refractivity contribution is -0.131. The summed E-state index contributed by atoms with van der Waals surface area (Å²) in [7, 11) is 2.85. The van der Waals surface area contributed by atoms with Gasteiger partial charge in [0.1, 0.15) is 23.1 Å². The summed E-state index contributed by atoms with van der Waals surface area (Å²) in [5.74, 6) is -6.47. The fraction of sp³-hybridized carbons (Fsp3) is 0.333. The number of benzene rings is 3. The molecule has 2 saturated heterocycles. The highest BCUT2D eigenvalue weighted by Gasteiger charge is 2.68. The van der Waals surface area contributed by atoms with Crippen LogP contribution in [-0.4, -0.2) is 43.0 Å². The Bertz CT molecular complexity index is 1980. The van der Waals surface area contributed by atoms with E-state index in [2.05, 4.69) is 0 Å². The van der Waals surface area contributed by atoms with Crippen LogP contribution in [0.1, 0.15) is 36.8 Å². The number of anilines is 2. The van der Waals surface area contributed by atoms with Crippen LogP contribution in [-0.2, 0) is 19.2 Å². The molecule has 0 spiro atoms. The Morgan fingerprint density at radius 2 is 1.56 bits per heavy atom. The predicted molar refractivity (Wildman–Crippen MR) is 176 cm³/mol. The molecule has 0 radical (unpaired) electrons. The Balaban J connectivity index is 1.41. The van der Waals surface area contributed by atoms with Crippen LogP contribution in [0.5, 0.6) is 17.2 Å². The largest absolute Gasteiger partial charge is 0.507 e. The third kappa shape index (κ3) is 4.41. The fourth-order valence-corrected chi connectivity index (χ4v) is 8.68. The molecule has 0 unspecified atom stereocenters. The minimum absolute atomic E-state index is 0.0801. The van der Waals surface area contributed by atoms with Crippen molar-refractivity contribution in [2.75, 3.05) is 24.0 Å². The second-order valence-electron chi connectivity index (χ2n) is 13.0. The first-order valence-corrected chi connectivity index (χ1v) is 16.2. The summed E-state index contributed by atoms with van der Waals surface area (Å²) in [6.07, 6.45) is 2.15. The normalized spacial score (nSPS) is 27.9. The molecule has 1 N–H and O–H groups in total. The van der Waals surface area contributed by atoms with E-state index in [4.69, 9.17) is 32.7 Å². The number of aryl methyl sites for hydroxylation is 1. The summed E-state index contributed by atoms with van der Waals surface area (Å²) in [4.78, 5) is 59.4. The average molecular weight is 694 g/mol. The Morgan fingerprint density at radius 1 is 0.875 bits per heavy atom. The van der Waals surface area contributed by atoms with Gasteiger partial charge in [-0.2, -0.15) is 0 Å². The van der Waals surface area contributed by atoms with Crippen LogP contribution in [0.4, 0.5) is 15.8 Å². The molecule has 9 nitrogen and oxygen atoms in total. The number of allylic oxidation sites excluding steroid dienone is 2. The van der Waals surface area contributed by atoms with Crippen LogP contribution < -0.4 is 19.3 Å². The molecular weight excluding hydrogens is 662 g/mol. The first kappa shape index (κ1) is 32.2. The van der Waals surface area contributed by atoms with E-state index in [0.717, 1.165) is 16.5 Å². The number of rotatable bonds is 5. The van der Waals surface area contributed by atoms with Crippen LogP contribution in [0, 0.1) is 41.8 Å². The molecule has 0 bridgehead atoms. The van der Waals surface area contributed by atoms with Crippen LogP contribution >= 0.6 is 23.2 Å². The van der Waals surface area contributed by atoms with E-state index in [1.807, 2.05) is 13.0 Å². The molecule has 48 heavy (non-hydrogen) atoms. The van der Waals surface area contributed by atoms with E-state index in [-0.39, 0.29) is 46.5 Å². The van der Waals surface area contributed by atoms with Gasteiger partial charge in [-0.15, -0.1) is 0 Å². The van der Waals surface area contributed by atoms with Gasteiger partial charge in [0.15, 0.2) is 0 Å². The summed E-state index contributed by atoms with van der Waals surface area (Å²) < 4.78 is 25.3. The van der Waals surface area contributed by atoms with Crippen molar-refractivity contribution in [3.8, 4) is 17.2 Å². The molecule has 12 heteroatoms. The highest BCUT2D eigenvalue weighted by atomic mass is 35.5. The summed E-state index contributed by atoms with van der Waals surface area (Å²) >= 11 is 12.5. The first-order chi connectivity index (χ1) is 22.8. The van der Waals surface area contributed by atoms with Crippen molar-refractivity contribution in [3.63, 3.8) is 0 Å². The number of amides is 4. The van der Waals surface area contributed by atoms with Crippen LogP contribution in [0.2, 0.25) is 10.0 Å². The lowest BCUT2D eigenvalue weighted by atomic mass is 9.51. The van der Waals surface area contributed by atoms with Crippen LogP contribution in [0.25, 0.3) is 0 Å². The second kappa shape index (κ2) is 11.3. The summed E-state index contributed by atoms with van der Waals surface area (Å²) in [6.45, 7) is 3.49. The monoisotopic (exact) mass is 692 g/mol. The molecule has 7 rings (SSSR count).